The molecule has 1 aromatic rings. The second kappa shape index (κ2) is 9.94. The highest BCUT2D eigenvalue weighted by atomic mass is 16.4. The minimum atomic E-state index is -1.01. The lowest BCUT2D eigenvalue weighted by Crippen LogP contribution is -2.43. The molecule has 23 heavy (non-hydrogen) atoms. The van der Waals surface area contributed by atoms with Gasteiger partial charge in [-0.05, 0) is 0 Å². The molecule has 1 aromatic heterocycles. The van der Waals surface area contributed by atoms with Gasteiger partial charge in [-0.15, -0.1) is 0 Å². The second-order valence-corrected chi connectivity index (χ2v) is 4.92. The third-order valence-corrected chi connectivity index (χ3v) is 3.32. The van der Waals surface area contributed by atoms with Crippen molar-refractivity contribution in [1.29, 1.82) is 15.8 Å². The van der Waals surface area contributed by atoms with Crippen molar-refractivity contribution < 1.29 is 9.90 Å². The smallest absolute Gasteiger partial charge is 0.321 e. The first kappa shape index (κ1) is 18.2. The van der Waals surface area contributed by atoms with Crippen LogP contribution in [0.3, 0.4) is 0 Å². The Balaban J connectivity index is 2.80. The summed E-state index contributed by atoms with van der Waals surface area (Å²) in [6, 6.07) is 5.18. The van der Waals surface area contributed by atoms with Crippen molar-refractivity contribution in [3.8, 4) is 18.2 Å². The maximum atomic E-state index is 11.6. The Morgan fingerprint density at radius 2 is 1.83 bits per heavy atom. The van der Waals surface area contributed by atoms with Gasteiger partial charge in [0.25, 0.3) is 0 Å². The van der Waals surface area contributed by atoms with Crippen molar-refractivity contribution in [2.24, 2.45) is 0 Å². The summed E-state index contributed by atoms with van der Waals surface area (Å²) in [4.78, 5) is 17.4. The molecule has 120 valence electrons. The number of aryl methyl sites for hydroxylation is 1. The second-order valence-electron chi connectivity index (χ2n) is 4.92. The lowest BCUT2D eigenvalue weighted by Gasteiger charge is -2.26. The molecular formula is C15H18N6O2. The van der Waals surface area contributed by atoms with Crippen LogP contribution in [0.2, 0.25) is 0 Å². The van der Waals surface area contributed by atoms with E-state index >= 15 is 0 Å². The minimum absolute atomic E-state index is 0.186. The first-order valence-electron chi connectivity index (χ1n) is 7.20. The number of aromatic nitrogens is 2. The standard InChI is InChI=1S/C15H18N6O2/c16-4-1-7-20-11-13(19-12-20)10-14(15(22)23)21(8-2-5-17)9-3-6-18/h11-12,14H,1-3,7-10H2,(H,22,23)/t14-/m1/s1. The van der Waals surface area contributed by atoms with Gasteiger partial charge in [0.1, 0.15) is 6.04 Å². The molecule has 8 nitrogen and oxygen atoms in total. The summed E-state index contributed by atoms with van der Waals surface area (Å²) in [7, 11) is 0. The summed E-state index contributed by atoms with van der Waals surface area (Å²) in [6.45, 7) is 1.10. The van der Waals surface area contributed by atoms with Crippen molar-refractivity contribution in [1.82, 2.24) is 14.5 Å². The van der Waals surface area contributed by atoms with Gasteiger partial charge in [-0.25, -0.2) is 4.98 Å². The number of hydrogen-bond donors (Lipinski definition) is 1. The summed E-state index contributed by atoms with van der Waals surface area (Å²) < 4.78 is 1.74. The van der Waals surface area contributed by atoms with Gasteiger partial charge in [0.15, 0.2) is 0 Å². The molecule has 0 bridgehead atoms. The zero-order valence-corrected chi connectivity index (χ0v) is 12.7. The van der Waals surface area contributed by atoms with Gasteiger partial charge >= 0.3 is 5.97 Å². The zero-order valence-electron chi connectivity index (χ0n) is 12.7. The molecule has 0 unspecified atom stereocenters. The van der Waals surface area contributed by atoms with Crippen molar-refractivity contribution >= 4 is 5.97 Å². The lowest BCUT2D eigenvalue weighted by atomic mass is 10.1. The molecule has 1 N–H and O–H groups in total. The maximum Gasteiger partial charge on any atom is 0.321 e. The molecule has 0 aliphatic carbocycles. The van der Waals surface area contributed by atoms with E-state index in [0.29, 0.717) is 31.7 Å². The van der Waals surface area contributed by atoms with Crippen molar-refractivity contribution in [3.63, 3.8) is 0 Å². The van der Waals surface area contributed by atoms with Gasteiger partial charge in [-0.2, -0.15) is 15.8 Å². The van der Waals surface area contributed by atoms with Crippen LogP contribution in [-0.2, 0) is 17.8 Å². The summed E-state index contributed by atoms with van der Waals surface area (Å²) >= 11 is 0. The number of aliphatic carboxylic acids is 1. The summed E-state index contributed by atoms with van der Waals surface area (Å²) in [5.41, 5.74) is 0.606. The van der Waals surface area contributed by atoms with Crippen LogP contribution in [-0.4, -0.2) is 44.7 Å². The van der Waals surface area contributed by atoms with E-state index in [9.17, 15) is 9.90 Å². The molecule has 8 heteroatoms. The van der Waals surface area contributed by atoms with Crippen molar-refractivity contribution in [3.05, 3.63) is 18.2 Å². The molecule has 0 aliphatic rings. The van der Waals surface area contributed by atoms with Crippen LogP contribution >= 0.6 is 0 Å². The number of nitriles is 3. The zero-order chi connectivity index (χ0) is 17.1. The van der Waals surface area contributed by atoms with Crippen LogP contribution in [0, 0.1) is 34.0 Å². The van der Waals surface area contributed by atoms with Gasteiger partial charge in [0.05, 0.1) is 36.6 Å². The molecule has 1 atom stereocenters. The molecule has 0 radical (unpaired) electrons. The Kier molecular flexibility index (Phi) is 7.85. The van der Waals surface area contributed by atoms with Gasteiger partial charge in [0, 0.05) is 45.1 Å². The maximum absolute atomic E-state index is 11.6. The number of hydrogen-bond acceptors (Lipinski definition) is 6. The first-order chi connectivity index (χ1) is 11.1. The minimum Gasteiger partial charge on any atom is -0.480 e. The third-order valence-electron chi connectivity index (χ3n) is 3.32. The number of carboxylic acids is 1. The molecule has 1 rings (SSSR count). The van der Waals surface area contributed by atoms with E-state index in [2.05, 4.69) is 4.98 Å². The van der Waals surface area contributed by atoms with Gasteiger partial charge < -0.3 is 9.67 Å². The van der Waals surface area contributed by atoms with E-state index < -0.39 is 12.0 Å². The first-order valence-corrected chi connectivity index (χ1v) is 7.20. The van der Waals surface area contributed by atoms with Crippen LogP contribution in [0.4, 0.5) is 0 Å². The van der Waals surface area contributed by atoms with E-state index in [1.165, 1.54) is 0 Å². The summed E-state index contributed by atoms with van der Waals surface area (Å²) in [5, 5.41) is 35.4. The molecular weight excluding hydrogens is 296 g/mol. The molecule has 1 heterocycles. The number of carbonyl (C=O) groups is 1. The molecule has 0 fully saturated rings. The van der Waals surface area contributed by atoms with Crippen LogP contribution in [0.15, 0.2) is 12.5 Å². The van der Waals surface area contributed by atoms with E-state index in [0.717, 1.165) is 0 Å². The SMILES string of the molecule is N#CCCN(CCC#N)[C@H](Cc1cn(CCC#N)cn1)C(=O)O. The van der Waals surface area contributed by atoms with E-state index in [1.54, 1.807) is 22.0 Å². The van der Waals surface area contributed by atoms with E-state index in [4.69, 9.17) is 15.8 Å². The molecule has 0 saturated heterocycles. The van der Waals surface area contributed by atoms with Crippen molar-refractivity contribution in [2.75, 3.05) is 13.1 Å². The predicted octanol–water partition coefficient (Wildman–Crippen LogP) is 0.922. The Morgan fingerprint density at radius 1 is 1.22 bits per heavy atom. The Morgan fingerprint density at radius 3 is 2.35 bits per heavy atom. The Bertz CT molecular complexity index is 616. The topological polar surface area (TPSA) is 130 Å². The molecule has 0 aliphatic heterocycles. The predicted molar refractivity (Wildman–Crippen MR) is 79.6 cm³/mol. The molecule has 0 saturated carbocycles. The van der Waals surface area contributed by atoms with Crippen LogP contribution in [0.25, 0.3) is 0 Å². The Hall–Kier alpha value is -2.89. The largest absolute Gasteiger partial charge is 0.480 e. The number of rotatable bonds is 10. The summed E-state index contributed by atoms with van der Waals surface area (Å²) in [5.74, 6) is -1.01. The number of carboxylic acid groups (broad SMARTS) is 1. The third kappa shape index (κ3) is 6.17. The highest BCUT2D eigenvalue weighted by Crippen LogP contribution is 2.10. The van der Waals surface area contributed by atoms with E-state index in [-0.39, 0.29) is 19.3 Å². The molecule has 0 amide bonds. The fourth-order valence-electron chi connectivity index (χ4n) is 2.19. The number of imidazole rings is 1. The average molecular weight is 314 g/mol. The monoisotopic (exact) mass is 314 g/mol. The molecule has 0 aromatic carbocycles. The van der Waals surface area contributed by atoms with E-state index in [1.807, 2.05) is 18.2 Å². The van der Waals surface area contributed by atoms with Gasteiger partial charge in [0.2, 0.25) is 0 Å². The highest BCUT2D eigenvalue weighted by Gasteiger charge is 2.26. The quantitative estimate of drug-likeness (QED) is 0.679. The summed E-state index contributed by atoms with van der Waals surface area (Å²) in [6.07, 6.45) is 4.23. The van der Waals surface area contributed by atoms with Crippen LogP contribution in [0.5, 0.6) is 0 Å². The average Bonchev–Trinajstić information content (AvgIpc) is 2.98. The van der Waals surface area contributed by atoms with Gasteiger partial charge in [-0.1, -0.05) is 0 Å². The number of nitrogens with zero attached hydrogens (tertiary/aromatic N) is 6. The fraction of sp³-hybridized carbons (Fsp3) is 0.533. The lowest BCUT2D eigenvalue weighted by molar-refractivity contribution is -0.143. The highest BCUT2D eigenvalue weighted by molar-refractivity contribution is 5.73. The molecule has 0 spiro atoms. The fourth-order valence-corrected chi connectivity index (χ4v) is 2.19. The van der Waals surface area contributed by atoms with Crippen molar-refractivity contribution in [2.45, 2.75) is 38.3 Å². The van der Waals surface area contributed by atoms with Gasteiger partial charge in [-0.3, -0.25) is 9.69 Å². The normalized spacial score (nSPS) is 11.4. The Labute approximate surface area is 134 Å². The van der Waals surface area contributed by atoms with Crippen LogP contribution < -0.4 is 0 Å². The van der Waals surface area contributed by atoms with Crippen LogP contribution in [0.1, 0.15) is 25.0 Å².